The van der Waals surface area contributed by atoms with Gasteiger partial charge in [0.2, 0.25) is 0 Å². The Morgan fingerprint density at radius 2 is 2.05 bits per heavy atom. The van der Waals surface area contributed by atoms with Crippen LogP contribution in [0, 0.1) is 6.92 Å². The number of hydrogen-bond donors (Lipinski definition) is 2. The van der Waals surface area contributed by atoms with Crippen molar-refractivity contribution in [1.29, 1.82) is 0 Å². The Balaban J connectivity index is 1.84. The number of carboxylic acid groups (broad SMARTS) is 1. The Bertz CT molecular complexity index is 789. The summed E-state index contributed by atoms with van der Waals surface area (Å²) in [6.07, 6.45) is 0. The van der Waals surface area contributed by atoms with Crippen molar-refractivity contribution in [3.8, 4) is 0 Å². The van der Waals surface area contributed by atoms with Gasteiger partial charge in [0.25, 0.3) is 0 Å². The molecule has 0 spiro atoms. The summed E-state index contributed by atoms with van der Waals surface area (Å²) in [5, 5.41) is 15.9. The van der Waals surface area contributed by atoms with E-state index in [0.29, 0.717) is 11.4 Å². The summed E-state index contributed by atoms with van der Waals surface area (Å²) < 4.78 is 1.03. The molecule has 3 rings (SSSR count). The Hall–Kier alpha value is -1.69. The van der Waals surface area contributed by atoms with Crippen LogP contribution in [0.1, 0.15) is 25.7 Å². The van der Waals surface area contributed by atoms with Crippen molar-refractivity contribution in [2.24, 2.45) is 0 Å². The van der Waals surface area contributed by atoms with Gasteiger partial charge >= 0.3 is 5.97 Å². The molecule has 1 aromatic carbocycles. The van der Waals surface area contributed by atoms with Gasteiger partial charge in [-0.2, -0.15) is 0 Å². The third kappa shape index (κ3) is 2.85. The lowest BCUT2D eigenvalue weighted by Gasteiger charge is -2.05. The van der Waals surface area contributed by atoms with Crippen LogP contribution >= 0.6 is 22.7 Å². The fraction of sp³-hybridized carbons (Fsp3) is 0.188. The molecule has 2 N–H and O–H groups in total. The lowest BCUT2D eigenvalue weighted by molar-refractivity contribution is 0.0701. The summed E-state index contributed by atoms with van der Waals surface area (Å²) in [5.41, 5.74) is 2.17. The van der Waals surface area contributed by atoms with Gasteiger partial charge in [0.1, 0.15) is 4.88 Å². The van der Waals surface area contributed by atoms with Crippen molar-refractivity contribution in [2.75, 3.05) is 0 Å². The van der Waals surface area contributed by atoms with E-state index in [1.807, 2.05) is 24.3 Å². The number of rotatable bonds is 5. The largest absolute Gasteiger partial charge is 0.477 e. The van der Waals surface area contributed by atoms with Gasteiger partial charge in [0.15, 0.2) is 0 Å². The predicted octanol–water partition coefficient (Wildman–Crippen LogP) is 4.26. The number of carboxylic acids is 1. The van der Waals surface area contributed by atoms with Gasteiger partial charge in [-0.1, -0.05) is 18.2 Å². The standard InChI is InChI=1S/C16H15NO2S2/c1-10-6-7-20-14(10)9-17-8-12-11-4-2-3-5-13(11)21-15(12)16(18)19/h2-7,17H,8-9H2,1H3,(H,18,19). The maximum absolute atomic E-state index is 11.4. The molecule has 3 aromatic rings. The summed E-state index contributed by atoms with van der Waals surface area (Å²) in [6, 6.07) is 9.96. The van der Waals surface area contributed by atoms with Crippen LogP contribution in [0.5, 0.6) is 0 Å². The van der Waals surface area contributed by atoms with E-state index >= 15 is 0 Å². The minimum Gasteiger partial charge on any atom is -0.477 e. The molecule has 2 aromatic heterocycles. The SMILES string of the molecule is Cc1ccsc1CNCc1c(C(=O)O)sc2ccccc12. The second-order valence-corrected chi connectivity index (χ2v) is 6.89. The third-order valence-corrected chi connectivity index (χ3v) is 5.67. The number of thiophene rings is 2. The van der Waals surface area contributed by atoms with E-state index in [2.05, 4.69) is 23.7 Å². The van der Waals surface area contributed by atoms with Gasteiger partial charge < -0.3 is 10.4 Å². The molecule has 0 aliphatic carbocycles. The molecule has 0 unspecified atom stereocenters. The number of aromatic carboxylic acids is 1. The highest BCUT2D eigenvalue weighted by atomic mass is 32.1. The number of aryl methyl sites for hydroxylation is 1. The zero-order valence-electron chi connectivity index (χ0n) is 11.6. The molecular weight excluding hydrogens is 302 g/mol. The Labute approximate surface area is 130 Å². The summed E-state index contributed by atoms with van der Waals surface area (Å²) in [5.74, 6) is -0.847. The first-order chi connectivity index (χ1) is 10.2. The molecule has 0 aliphatic heterocycles. The molecule has 108 valence electrons. The molecule has 21 heavy (non-hydrogen) atoms. The average molecular weight is 317 g/mol. The summed E-state index contributed by atoms with van der Waals surface area (Å²) in [6.45, 7) is 3.44. The first-order valence-electron chi connectivity index (χ1n) is 6.64. The van der Waals surface area contributed by atoms with Gasteiger partial charge in [-0.15, -0.1) is 22.7 Å². The lowest BCUT2D eigenvalue weighted by atomic mass is 10.1. The molecule has 0 amide bonds. The molecule has 0 aliphatic rings. The van der Waals surface area contributed by atoms with Gasteiger partial charge in [-0.25, -0.2) is 4.79 Å². The van der Waals surface area contributed by atoms with Crippen LogP contribution in [0.4, 0.5) is 0 Å². The zero-order valence-corrected chi connectivity index (χ0v) is 13.2. The van der Waals surface area contributed by atoms with Gasteiger partial charge in [0.05, 0.1) is 0 Å². The molecule has 0 bridgehead atoms. The number of nitrogens with one attached hydrogen (secondary N) is 1. The molecule has 0 fully saturated rings. The predicted molar refractivity (Wildman–Crippen MR) is 88.4 cm³/mol. The van der Waals surface area contributed by atoms with Crippen LogP contribution in [0.25, 0.3) is 10.1 Å². The molecule has 0 saturated heterocycles. The van der Waals surface area contributed by atoms with Crippen molar-refractivity contribution in [3.63, 3.8) is 0 Å². The molecule has 0 atom stereocenters. The van der Waals surface area contributed by atoms with Crippen molar-refractivity contribution in [2.45, 2.75) is 20.0 Å². The topological polar surface area (TPSA) is 49.3 Å². The van der Waals surface area contributed by atoms with E-state index in [0.717, 1.165) is 22.2 Å². The average Bonchev–Trinajstić information content (AvgIpc) is 3.04. The Morgan fingerprint density at radius 1 is 1.24 bits per heavy atom. The quantitative estimate of drug-likeness (QED) is 0.739. The van der Waals surface area contributed by atoms with E-state index in [-0.39, 0.29) is 0 Å². The number of fused-ring (bicyclic) bond motifs is 1. The second kappa shape index (κ2) is 5.97. The van der Waals surface area contributed by atoms with Crippen LogP contribution in [0.2, 0.25) is 0 Å². The first kappa shape index (κ1) is 14.3. The van der Waals surface area contributed by atoms with Gasteiger partial charge in [0, 0.05) is 22.7 Å². The molecule has 3 nitrogen and oxygen atoms in total. The highest BCUT2D eigenvalue weighted by molar-refractivity contribution is 7.21. The monoisotopic (exact) mass is 317 g/mol. The van der Waals surface area contributed by atoms with Crippen LogP contribution in [0.15, 0.2) is 35.7 Å². The van der Waals surface area contributed by atoms with E-state index in [9.17, 15) is 9.90 Å². The third-order valence-electron chi connectivity index (χ3n) is 3.45. The van der Waals surface area contributed by atoms with Crippen LogP contribution < -0.4 is 5.32 Å². The van der Waals surface area contributed by atoms with Crippen LogP contribution in [-0.4, -0.2) is 11.1 Å². The zero-order chi connectivity index (χ0) is 14.8. The van der Waals surface area contributed by atoms with E-state index in [1.165, 1.54) is 21.8 Å². The van der Waals surface area contributed by atoms with Crippen LogP contribution in [0.3, 0.4) is 0 Å². The van der Waals surface area contributed by atoms with E-state index in [4.69, 9.17) is 0 Å². The molecule has 0 radical (unpaired) electrons. The normalized spacial score (nSPS) is 11.1. The highest BCUT2D eigenvalue weighted by Crippen LogP contribution is 2.31. The summed E-state index contributed by atoms with van der Waals surface area (Å²) >= 11 is 3.07. The molecule has 2 heterocycles. The molecule has 0 saturated carbocycles. The van der Waals surface area contributed by atoms with E-state index in [1.54, 1.807) is 11.3 Å². The van der Waals surface area contributed by atoms with E-state index < -0.39 is 5.97 Å². The van der Waals surface area contributed by atoms with Crippen LogP contribution in [-0.2, 0) is 13.1 Å². The van der Waals surface area contributed by atoms with Crippen molar-refractivity contribution in [1.82, 2.24) is 5.32 Å². The maximum atomic E-state index is 11.4. The number of benzene rings is 1. The Morgan fingerprint density at radius 3 is 2.76 bits per heavy atom. The van der Waals surface area contributed by atoms with Crippen molar-refractivity contribution < 1.29 is 9.90 Å². The smallest absolute Gasteiger partial charge is 0.346 e. The highest BCUT2D eigenvalue weighted by Gasteiger charge is 2.17. The Kier molecular flexibility index (Phi) is 4.05. The maximum Gasteiger partial charge on any atom is 0.346 e. The van der Waals surface area contributed by atoms with Crippen molar-refractivity contribution in [3.05, 3.63) is 56.6 Å². The lowest BCUT2D eigenvalue weighted by Crippen LogP contribution is -2.14. The fourth-order valence-corrected chi connectivity index (χ4v) is 4.27. The van der Waals surface area contributed by atoms with Gasteiger partial charge in [-0.3, -0.25) is 0 Å². The minimum atomic E-state index is -0.847. The minimum absolute atomic E-state index is 0.437. The second-order valence-electron chi connectivity index (χ2n) is 4.84. The number of hydrogen-bond acceptors (Lipinski definition) is 4. The summed E-state index contributed by atoms with van der Waals surface area (Å²) in [7, 11) is 0. The molecular formula is C16H15NO2S2. The van der Waals surface area contributed by atoms with Gasteiger partial charge in [-0.05, 0) is 40.9 Å². The molecule has 5 heteroatoms. The first-order valence-corrected chi connectivity index (χ1v) is 8.34. The number of carbonyl (C=O) groups is 1. The fourth-order valence-electron chi connectivity index (χ4n) is 2.33. The summed E-state index contributed by atoms with van der Waals surface area (Å²) in [4.78, 5) is 13.2. The van der Waals surface area contributed by atoms with Crippen molar-refractivity contribution >= 4 is 38.7 Å².